The zero-order valence-corrected chi connectivity index (χ0v) is 13.0. The second-order valence-corrected chi connectivity index (χ2v) is 7.09. The van der Waals surface area contributed by atoms with Gasteiger partial charge in [-0.25, -0.2) is 13.1 Å². The Hall–Kier alpha value is -0.180. The van der Waals surface area contributed by atoms with Gasteiger partial charge < -0.3 is 0 Å². The van der Waals surface area contributed by atoms with Crippen molar-refractivity contribution in [2.45, 2.75) is 30.3 Å². The van der Waals surface area contributed by atoms with Gasteiger partial charge in [0.15, 0.2) is 4.60 Å². The zero-order valence-electron chi connectivity index (χ0n) is 9.88. The lowest BCUT2D eigenvalue weighted by Gasteiger charge is -2.33. The highest BCUT2D eigenvalue weighted by molar-refractivity contribution is 9.10. The van der Waals surface area contributed by atoms with Gasteiger partial charge in [0.2, 0.25) is 5.03 Å². The van der Waals surface area contributed by atoms with Crippen molar-refractivity contribution < 1.29 is 8.42 Å². The van der Waals surface area contributed by atoms with Crippen LogP contribution in [0, 0.1) is 0 Å². The number of aryl methyl sites for hydroxylation is 1. The standard InChI is InChI=1S/C9H14BrClN4O2S/c1-14-9(8(10)12-13-14)18(16,17)15-5-3-2-4-7(15)6-11/h7H,2-6H2,1H3. The molecule has 1 saturated heterocycles. The van der Waals surface area contributed by atoms with Crippen molar-refractivity contribution in [3.05, 3.63) is 4.60 Å². The third-order valence-corrected chi connectivity index (χ3v) is 6.24. The van der Waals surface area contributed by atoms with Crippen molar-refractivity contribution in [3.8, 4) is 0 Å². The molecule has 102 valence electrons. The monoisotopic (exact) mass is 356 g/mol. The normalized spacial score (nSPS) is 22.3. The minimum absolute atomic E-state index is 0.0829. The number of rotatable bonds is 3. The highest BCUT2D eigenvalue weighted by Gasteiger charge is 2.36. The van der Waals surface area contributed by atoms with E-state index in [0.29, 0.717) is 12.4 Å². The van der Waals surface area contributed by atoms with Gasteiger partial charge in [0.25, 0.3) is 10.0 Å². The van der Waals surface area contributed by atoms with Gasteiger partial charge in [-0.1, -0.05) is 11.6 Å². The Kier molecular flexibility index (Phi) is 4.30. The van der Waals surface area contributed by atoms with Crippen LogP contribution in [0.5, 0.6) is 0 Å². The van der Waals surface area contributed by atoms with E-state index < -0.39 is 10.0 Å². The van der Waals surface area contributed by atoms with Gasteiger partial charge in [-0.05, 0) is 28.8 Å². The second kappa shape index (κ2) is 5.44. The highest BCUT2D eigenvalue weighted by Crippen LogP contribution is 2.28. The number of piperidine rings is 1. The highest BCUT2D eigenvalue weighted by atomic mass is 79.9. The predicted octanol–water partition coefficient (Wildman–Crippen LogP) is 1.36. The number of hydrogen-bond acceptors (Lipinski definition) is 4. The molecular formula is C9H14BrClN4O2S. The molecule has 6 nitrogen and oxygen atoms in total. The number of nitrogens with zero attached hydrogens (tertiary/aromatic N) is 4. The molecule has 2 heterocycles. The molecule has 1 fully saturated rings. The summed E-state index contributed by atoms with van der Waals surface area (Å²) in [6.07, 6.45) is 2.66. The second-order valence-electron chi connectivity index (χ2n) is 4.23. The topological polar surface area (TPSA) is 68.1 Å². The first kappa shape index (κ1) is 14.2. The van der Waals surface area contributed by atoms with Crippen LogP contribution in [0.25, 0.3) is 0 Å². The Morgan fingerprint density at radius 2 is 2.22 bits per heavy atom. The van der Waals surface area contributed by atoms with E-state index in [1.54, 1.807) is 7.05 Å². The maximum absolute atomic E-state index is 12.6. The maximum atomic E-state index is 12.6. The molecule has 0 aromatic carbocycles. The number of alkyl halides is 1. The molecule has 0 bridgehead atoms. The largest absolute Gasteiger partial charge is 0.263 e. The number of sulfonamides is 1. The number of aromatic nitrogens is 3. The summed E-state index contributed by atoms with van der Waals surface area (Å²) in [7, 11) is -2.04. The van der Waals surface area contributed by atoms with Crippen molar-refractivity contribution in [2.75, 3.05) is 12.4 Å². The number of hydrogen-bond donors (Lipinski definition) is 0. The molecule has 0 aliphatic carbocycles. The van der Waals surface area contributed by atoms with Crippen LogP contribution < -0.4 is 0 Å². The summed E-state index contributed by atoms with van der Waals surface area (Å²) in [5.41, 5.74) is 0. The molecule has 1 aliphatic heterocycles. The molecule has 1 aromatic rings. The number of halogens is 2. The quantitative estimate of drug-likeness (QED) is 0.766. The van der Waals surface area contributed by atoms with Gasteiger partial charge in [-0.3, -0.25) is 0 Å². The smallest absolute Gasteiger partial charge is 0.235 e. The van der Waals surface area contributed by atoms with Crippen molar-refractivity contribution in [3.63, 3.8) is 0 Å². The minimum atomic E-state index is -3.60. The molecule has 1 aliphatic rings. The third-order valence-electron chi connectivity index (χ3n) is 3.04. The van der Waals surface area contributed by atoms with Crippen LogP contribution in [0.1, 0.15) is 19.3 Å². The fourth-order valence-corrected chi connectivity index (χ4v) is 5.28. The Balaban J connectivity index is 2.41. The average molecular weight is 358 g/mol. The van der Waals surface area contributed by atoms with E-state index in [2.05, 4.69) is 26.2 Å². The van der Waals surface area contributed by atoms with Gasteiger partial charge in [-0.15, -0.1) is 16.7 Å². The van der Waals surface area contributed by atoms with Crippen molar-refractivity contribution >= 4 is 37.6 Å². The Morgan fingerprint density at radius 3 is 2.78 bits per heavy atom. The fraction of sp³-hybridized carbons (Fsp3) is 0.778. The molecule has 1 aromatic heterocycles. The summed E-state index contributed by atoms with van der Waals surface area (Å²) in [6.45, 7) is 0.497. The fourth-order valence-electron chi connectivity index (χ4n) is 2.15. The lowest BCUT2D eigenvalue weighted by Crippen LogP contribution is -2.45. The molecule has 0 saturated carbocycles. The summed E-state index contributed by atoms with van der Waals surface area (Å²) in [6, 6.07) is -0.146. The van der Waals surface area contributed by atoms with Gasteiger partial charge >= 0.3 is 0 Å². The van der Waals surface area contributed by atoms with Crippen LogP contribution in [-0.2, 0) is 17.1 Å². The first-order valence-corrected chi connectivity index (χ1v) is 8.38. The van der Waals surface area contributed by atoms with Gasteiger partial charge in [0.05, 0.1) is 0 Å². The summed E-state index contributed by atoms with van der Waals surface area (Å²) in [5, 5.41) is 7.51. The summed E-state index contributed by atoms with van der Waals surface area (Å²) in [4.78, 5) is 0. The first-order chi connectivity index (χ1) is 8.48. The summed E-state index contributed by atoms with van der Waals surface area (Å²) in [5.74, 6) is 0.308. The van der Waals surface area contributed by atoms with Crippen LogP contribution >= 0.6 is 27.5 Å². The van der Waals surface area contributed by atoms with Crippen molar-refractivity contribution in [1.82, 2.24) is 19.3 Å². The molecule has 2 rings (SSSR count). The summed E-state index contributed by atoms with van der Waals surface area (Å²) >= 11 is 8.99. The Morgan fingerprint density at radius 1 is 1.50 bits per heavy atom. The van der Waals surface area contributed by atoms with E-state index in [0.717, 1.165) is 19.3 Å². The van der Waals surface area contributed by atoms with E-state index in [1.165, 1.54) is 8.99 Å². The first-order valence-electron chi connectivity index (χ1n) is 5.61. The van der Waals surface area contributed by atoms with Gasteiger partial charge in [0.1, 0.15) is 0 Å². The van der Waals surface area contributed by atoms with Crippen molar-refractivity contribution in [2.24, 2.45) is 7.05 Å². The van der Waals surface area contributed by atoms with Crippen LogP contribution in [0.4, 0.5) is 0 Å². The average Bonchev–Trinajstić information content (AvgIpc) is 2.69. The molecule has 0 radical (unpaired) electrons. The predicted molar refractivity (Wildman–Crippen MR) is 71.0 cm³/mol. The van der Waals surface area contributed by atoms with E-state index >= 15 is 0 Å². The van der Waals surface area contributed by atoms with E-state index in [-0.39, 0.29) is 15.7 Å². The molecule has 1 unspecified atom stereocenters. The molecule has 0 spiro atoms. The van der Waals surface area contributed by atoms with Crippen molar-refractivity contribution in [1.29, 1.82) is 0 Å². The van der Waals surface area contributed by atoms with Gasteiger partial charge in [0, 0.05) is 25.5 Å². The molecule has 0 amide bonds. The Bertz CT molecular complexity index is 513. The zero-order chi connectivity index (χ0) is 13.3. The molecule has 18 heavy (non-hydrogen) atoms. The minimum Gasteiger partial charge on any atom is -0.235 e. The van der Waals surface area contributed by atoms with E-state index in [9.17, 15) is 8.42 Å². The van der Waals surface area contributed by atoms with Crippen LogP contribution in [0.2, 0.25) is 0 Å². The van der Waals surface area contributed by atoms with Crippen LogP contribution in [0.3, 0.4) is 0 Å². The molecule has 1 atom stereocenters. The van der Waals surface area contributed by atoms with Crippen LogP contribution in [0.15, 0.2) is 9.63 Å². The lowest BCUT2D eigenvalue weighted by molar-refractivity contribution is 0.269. The SMILES string of the molecule is Cn1nnc(Br)c1S(=O)(=O)N1CCCCC1CCl. The van der Waals surface area contributed by atoms with E-state index in [1.807, 2.05) is 0 Å². The lowest BCUT2D eigenvalue weighted by atomic mass is 10.1. The molecule has 0 N–H and O–H groups in total. The summed E-state index contributed by atoms with van der Waals surface area (Å²) < 4.78 is 28.2. The molecular weight excluding hydrogens is 344 g/mol. The van der Waals surface area contributed by atoms with Crippen LogP contribution in [-0.4, -0.2) is 46.2 Å². The van der Waals surface area contributed by atoms with E-state index in [4.69, 9.17) is 11.6 Å². The Labute approximate surface area is 119 Å². The maximum Gasteiger partial charge on any atom is 0.263 e. The van der Waals surface area contributed by atoms with Gasteiger partial charge in [-0.2, -0.15) is 4.31 Å². The third kappa shape index (κ3) is 2.43. The molecule has 9 heteroatoms.